The van der Waals surface area contributed by atoms with Crippen molar-refractivity contribution in [2.24, 2.45) is 12.8 Å². The Kier molecular flexibility index (Phi) is 2.12. The lowest BCUT2D eigenvalue weighted by atomic mass is 10.1. The molecule has 1 aromatic heterocycles. The summed E-state index contributed by atoms with van der Waals surface area (Å²) in [5, 5.41) is 0. The zero-order chi connectivity index (χ0) is 7.56. The minimum atomic E-state index is 0.472. The smallest absolute Gasteiger partial charge is 0.0212 e. The number of aromatic nitrogens is 1. The van der Waals surface area contributed by atoms with Crippen molar-refractivity contribution in [3.05, 3.63) is 24.0 Å². The van der Waals surface area contributed by atoms with Crippen LogP contribution in [0.25, 0.3) is 0 Å². The lowest BCUT2D eigenvalue weighted by molar-refractivity contribution is 0.694. The average Bonchev–Trinajstić information content (AvgIpc) is 2.34. The highest BCUT2D eigenvalue weighted by atomic mass is 14.9. The summed E-state index contributed by atoms with van der Waals surface area (Å²) in [6, 6.07) is 4.15. The Morgan fingerprint density at radius 3 is 2.80 bits per heavy atom. The van der Waals surface area contributed by atoms with E-state index >= 15 is 0 Å². The highest BCUT2D eigenvalue weighted by molar-refractivity contribution is 5.11. The first-order valence-electron chi connectivity index (χ1n) is 3.57. The van der Waals surface area contributed by atoms with E-state index in [1.807, 2.05) is 19.3 Å². The van der Waals surface area contributed by atoms with E-state index in [0.29, 0.717) is 5.92 Å². The van der Waals surface area contributed by atoms with Crippen LogP contribution < -0.4 is 5.73 Å². The first-order chi connectivity index (χ1) is 4.75. The van der Waals surface area contributed by atoms with Crippen molar-refractivity contribution in [2.45, 2.75) is 12.8 Å². The van der Waals surface area contributed by atoms with Gasteiger partial charge in [0.05, 0.1) is 0 Å². The van der Waals surface area contributed by atoms with Gasteiger partial charge in [-0.25, -0.2) is 0 Å². The van der Waals surface area contributed by atoms with Crippen LogP contribution in [0.5, 0.6) is 0 Å². The second-order valence-corrected chi connectivity index (χ2v) is 2.68. The Labute approximate surface area is 61.7 Å². The van der Waals surface area contributed by atoms with E-state index in [1.54, 1.807) is 0 Å². The van der Waals surface area contributed by atoms with Crippen molar-refractivity contribution < 1.29 is 0 Å². The summed E-state index contributed by atoms with van der Waals surface area (Å²) in [5.41, 5.74) is 6.83. The van der Waals surface area contributed by atoms with Gasteiger partial charge in [0, 0.05) is 31.4 Å². The van der Waals surface area contributed by atoms with E-state index in [2.05, 4.69) is 17.6 Å². The van der Waals surface area contributed by atoms with E-state index in [0.717, 1.165) is 6.54 Å². The fraction of sp³-hybridized carbons (Fsp3) is 0.500. The van der Waals surface area contributed by atoms with Crippen LogP contribution >= 0.6 is 0 Å². The third-order valence-electron chi connectivity index (χ3n) is 1.84. The van der Waals surface area contributed by atoms with Crippen LogP contribution in [-0.4, -0.2) is 11.1 Å². The molecule has 10 heavy (non-hydrogen) atoms. The zero-order valence-corrected chi connectivity index (χ0v) is 6.54. The van der Waals surface area contributed by atoms with E-state index in [9.17, 15) is 0 Å². The summed E-state index contributed by atoms with van der Waals surface area (Å²) < 4.78 is 2.11. The molecule has 1 rings (SSSR count). The van der Waals surface area contributed by atoms with E-state index in [1.165, 1.54) is 5.69 Å². The highest BCUT2D eigenvalue weighted by Crippen LogP contribution is 2.12. The largest absolute Gasteiger partial charge is 0.354 e. The van der Waals surface area contributed by atoms with Crippen LogP contribution in [0.3, 0.4) is 0 Å². The minimum Gasteiger partial charge on any atom is -0.354 e. The normalized spacial score (nSPS) is 13.5. The molecule has 0 bridgehead atoms. The van der Waals surface area contributed by atoms with Crippen LogP contribution in [-0.2, 0) is 7.05 Å². The predicted molar refractivity (Wildman–Crippen MR) is 42.9 cm³/mol. The molecule has 1 unspecified atom stereocenters. The van der Waals surface area contributed by atoms with Crippen molar-refractivity contribution in [2.75, 3.05) is 6.54 Å². The van der Waals surface area contributed by atoms with Gasteiger partial charge in [-0.1, -0.05) is 6.92 Å². The third-order valence-corrected chi connectivity index (χ3v) is 1.84. The Hall–Kier alpha value is -0.760. The number of aryl methyl sites for hydroxylation is 1. The Balaban J connectivity index is 2.82. The fourth-order valence-electron chi connectivity index (χ4n) is 1.11. The highest BCUT2D eigenvalue weighted by Gasteiger charge is 2.04. The SMILES string of the molecule is CC(CN)c1cccn1C. The maximum Gasteiger partial charge on any atom is 0.0212 e. The first-order valence-corrected chi connectivity index (χ1v) is 3.57. The standard InChI is InChI=1S/C8H14N2/c1-7(6-9)8-4-3-5-10(8)2/h3-5,7H,6,9H2,1-2H3. The van der Waals surface area contributed by atoms with Crippen molar-refractivity contribution >= 4 is 0 Å². The summed E-state index contributed by atoms with van der Waals surface area (Å²) in [6.45, 7) is 2.85. The zero-order valence-electron chi connectivity index (χ0n) is 6.54. The van der Waals surface area contributed by atoms with E-state index in [-0.39, 0.29) is 0 Å². The molecule has 0 aromatic carbocycles. The van der Waals surface area contributed by atoms with E-state index in [4.69, 9.17) is 5.73 Å². The molecule has 0 aliphatic heterocycles. The molecule has 1 atom stereocenters. The molecule has 0 saturated heterocycles. The molecule has 0 fully saturated rings. The van der Waals surface area contributed by atoms with Crippen molar-refractivity contribution in [3.63, 3.8) is 0 Å². The molecule has 2 heteroatoms. The van der Waals surface area contributed by atoms with Crippen LogP contribution in [0.15, 0.2) is 18.3 Å². The van der Waals surface area contributed by atoms with Crippen molar-refractivity contribution in [1.29, 1.82) is 0 Å². The number of nitrogens with zero attached hydrogens (tertiary/aromatic N) is 1. The number of hydrogen-bond acceptors (Lipinski definition) is 1. The van der Waals surface area contributed by atoms with Gasteiger partial charge in [-0.3, -0.25) is 0 Å². The lowest BCUT2D eigenvalue weighted by Crippen LogP contribution is -2.11. The number of hydrogen-bond donors (Lipinski definition) is 1. The van der Waals surface area contributed by atoms with Crippen LogP contribution in [0.4, 0.5) is 0 Å². The second-order valence-electron chi connectivity index (χ2n) is 2.68. The van der Waals surface area contributed by atoms with Gasteiger partial charge in [-0.05, 0) is 12.1 Å². The molecular formula is C8H14N2. The van der Waals surface area contributed by atoms with Gasteiger partial charge in [0.1, 0.15) is 0 Å². The Morgan fingerprint density at radius 2 is 2.40 bits per heavy atom. The van der Waals surface area contributed by atoms with Gasteiger partial charge in [0.15, 0.2) is 0 Å². The van der Waals surface area contributed by atoms with Crippen molar-refractivity contribution in [3.8, 4) is 0 Å². The monoisotopic (exact) mass is 138 g/mol. The average molecular weight is 138 g/mol. The molecule has 0 aliphatic carbocycles. The minimum absolute atomic E-state index is 0.472. The molecule has 0 amide bonds. The van der Waals surface area contributed by atoms with Crippen LogP contribution in [0.1, 0.15) is 18.5 Å². The molecule has 2 nitrogen and oxygen atoms in total. The maximum atomic E-state index is 5.52. The molecule has 1 heterocycles. The topological polar surface area (TPSA) is 30.9 Å². The van der Waals surface area contributed by atoms with Crippen molar-refractivity contribution in [1.82, 2.24) is 4.57 Å². The van der Waals surface area contributed by atoms with Gasteiger partial charge < -0.3 is 10.3 Å². The predicted octanol–water partition coefficient (Wildman–Crippen LogP) is 1.09. The van der Waals surface area contributed by atoms with Gasteiger partial charge in [0.25, 0.3) is 0 Å². The summed E-state index contributed by atoms with van der Waals surface area (Å²) in [5.74, 6) is 0.472. The molecular weight excluding hydrogens is 124 g/mol. The summed E-state index contributed by atoms with van der Waals surface area (Å²) in [7, 11) is 2.04. The van der Waals surface area contributed by atoms with Gasteiger partial charge in [-0.15, -0.1) is 0 Å². The molecule has 0 radical (unpaired) electrons. The van der Waals surface area contributed by atoms with Gasteiger partial charge >= 0.3 is 0 Å². The second kappa shape index (κ2) is 2.88. The molecule has 0 saturated carbocycles. The fourth-order valence-corrected chi connectivity index (χ4v) is 1.11. The van der Waals surface area contributed by atoms with E-state index < -0.39 is 0 Å². The van der Waals surface area contributed by atoms with Crippen LogP contribution in [0.2, 0.25) is 0 Å². The lowest BCUT2D eigenvalue weighted by Gasteiger charge is -2.08. The quantitative estimate of drug-likeness (QED) is 0.651. The summed E-state index contributed by atoms with van der Waals surface area (Å²) in [6.07, 6.45) is 2.04. The molecule has 2 N–H and O–H groups in total. The van der Waals surface area contributed by atoms with Gasteiger partial charge in [-0.2, -0.15) is 0 Å². The summed E-state index contributed by atoms with van der Waals surface area (Å²) >= 11 is 0. The summed E-state index contributed by atoms with van der Waals surface area (Å²) in [4.78, 5) is 0. The Bertz CT molecular complexity index is 203. The molecule has 0 aliphatic rings. The molecule has 1 aromatic rings. The van der Waals surface area contributed by atoms with Gasteiger partial charge in [0.2, 0.25) is 0 Å². The Morgan fingerprint density at radius 1 is 1.70 bits per heavy atom. The molecule has 56 valence electrons. The number of nitrogens with two attached hydrogens (primary N) is 1. The number of rotatable bonds is 2. The molecule has 0 spiro atoms. The third kappa shape index (κ3) is 1.21. The van der Waals surface area contributed by atoms with Crippen LogP contribution in [0, 0.1) is 0 Å². The first kappa shape index (κ1) is 7.35. The maximum absolute atomic E-state index is 5.52.